The third-order valence-electron chi connectivity index (χ3n) is 3.50. The summed E-state index contributed by atoms with van der Waals surface area (Å²) < 4.78 is 6.57. The van der Waals surface area contributed by atoms with E-state index in [0.29, 0.717) is 10.9 Å². The van der Waals surface area contributed by atoms with Gasteiger partial charge in [0.25, 0.3) is 5.69 Å². The first kappa shape index (κ1) is 18.4. The molecule has 0 bridgehead atoms. The number of hydrogen-bond donors (Lipinski definition) is 1. The number of anilines is 1. The molecule has 0 saturated heterocycles. The molecular weight excluding hydrogens is 370 g/mol. The predicted octanol–water partition coefficient (Wildman–Crippen LogP) is 2.91. The van der Waals surface area contributed by atoms with E-state index in [9.17, 15) is 14.9 Å². The standard InChI is InChI=1S/C17H15N5O4S/c1-26-13-7-8-14(15(9-13)22(24)25)19-16(23)10-27-17-18-11-21(20-17)12-5-3-2-4-6-12/h2-9,11H,10H2,1H3,(H,19,23). The molecule has 0 spiro atoms. The molecule has 138 valence electrons. The van der Waals surface area contributed by atoms with Crippen LogP contribution in [0.4, 0.5) is 11.4 Å². The molecule has 3 rings (SSSR count). The van der Waals surface area contributed by atoms with Crippen molar-refractivity contribution in [2.24, 2.45) is 0 Å². The van der Waals surface area contributed by atoms with Crippen molar-refractivity contribution in [3.8, 4) is 11.4 Å². The van der Waals surface area contributed by atoms with Gasteiger partial charge < -0.3 is 10.1 Å². The normalized spacial score (nSPS) is 10.4. The molecule has 1 amide bonds. The Labute approximate surface area is 158 Å². The number of para-hydroxylation sites is 1. The van der Waals surface area contributed by atoms with Gasteiger partial charge in [-0.2, -0.15) is 0 Å². The number of methoxy groups -OCH3 is 1. The fraction of sp³-hybridized carbons (Fsp3) is 0.118. The van der Waals surface area contributed by atoms with E-state index in [2.05, 4.69) is 15.4 Å². The molecule has 0 aliphatic rings. The lowest BCUT2D eigenvalue weighted by Crippen LogP contribution is -2.15. The number of hydrogen-bond acceptors (Lipinski definition) is 7. The molecule has 0 unspecified atom stereocenters. The van der Waals surface area contributed by atoms with E-state index < -0.39 is 10.8 Å². The molecule has 1 N–H and O–H groups in total. The average Bonchev–Trinajstić information content (AvgIpc) is 3.16. The highest BCUT2D eigenvalue weighted by atomic mass is 32.2. The summed E-state index contributed by atoms with van der Waals surface area (Å²) in [7, 11) is 1.41. The van der Waals surface area contributed by atoms with Crippen LogP contribution in [0.5, 0.6) is 5.75 Å². The van der Waals surface area contributed by atoms with Crippen molar-refractivity contribution in [2.75, 3.05) is 18.2 Å². The number of carbonyl (C=O) groups is 1. The van der Waals surface area contributed by atoms with Crippen molar-refractivity contribution < 1.29 is 14.5 Å². The Kier molecular flexibility index (Phi) is 5.67. The summed E-state index contributed by atoms with van der Waals surface area (Å²) in [5.41, 5.74) is 0.725. The number of rotatable bonds is 7. The van der Waals surface area contributed by atoms with E-state index in [0.717, 1.165) is 17.4 Å². The summed E-state index contributed by atoms with van der Waals surface area (Å²) in [5, 5.41) is 18.4. The van der Waals surface area contributed by atoms with E-state index >= 15 is 0 Å². The number of ether oxygens (including phenoxy) is 1. The van der Waals surface area contributed by atoms with Crippen molar-refractivity contribution in [3.63, 3.8) is 0 Å². The van der Waals surface area contributed by atoms with E-state index in [1.807, 2.05) is 30.3 Å². The van der Waals surface area contributed by atoms with Crippen LogP contribution < -0.4 is 10.1 Å². The van der Waals surface area contributed by atoms with Gasteiger partial charge in [0.05, 0.1) is 29.5 Å². The van der Waals surface area contributed by atoms with Crippen LogP contribution in [0.2, 0.25) is 0 Å². The van der Waals surface area contributed by atoms with Gasteiger partial charge in [0.2, 0.25) is 11.1 Å². The van der Waals surface area contributed by atoms with Crippen LogP contribution in [0.15, 0.2) is 60.0 Å². The maximum absolute atomic E-state index is 12.1. The predicted molar refractivity (Wildman–Crippen MR) is 100 cm³/mol. The van der Waals surface area contributed by atoms with Crippen molar-refractivity contribution in [3.05, 3.63) is 65.0 Å². The van der Waals surface area contributed by atoms with Crippen LogP contribution >= 0.6 is 11.8 Å². The fourth-order valence-corrected chi connectivity index (χ4v) is 2.83. The largest absolute Gasteiger partial charge is 0.496 e. The minimum absolute atomic E-state index is 0.0159. The van der Waals surface area contributed by atoms with Gasteiger partial charge in [-0.25, -0.2) is 9.67 Å². The van der Waals surface area contributed by atoms with Gasteiger partial charge in [0.1, 0.15) is 17.8 Å². The number of nitrogens with one attached hydrogen (secondary N) is 1. The zero-order chi connectivity index (χ0) is 19.2. The first-order valence-corrected chi connectivity index (χ1v) is 8.77. The molecule has 0 aliphatic heterocycles. The number of benzene rings is 2. The molecule has 1 aromatic heterocycles. The van der Waals surface area contributed by atoms with Gasteiger partial charge in [-0.15, -0.1) is 5.10 Å². The highest BCUT2D eigenvalue weighted by Crippen LogP contribution is 2.29. The molecule has 9 nitrogen and oxygen atoms in total. The minimum Gasteiger partial charge on any atom is -0.496 e. The molecule has 0 radical (unpaired) electrons. The van der Waals surface area contributed by atoms with Gasteiger partial charge in [-0.1, -0.05) is 30.0 Å². The SMILES string of the molecule is COc1ccc(NC(=O)CSc2ncn(-c3ccccc3)n2)c([N+](=O)[O-])c1. The van der Waals surface area contributed by atoms with Crippen LogP contribution in [0.3, 0.4) is 0 Å². The summed E-state index contributed by atoms with van der Waals surface area (Å²) in [6.07, 6.45) is 1.56. The highest BCUT2D eigenvalue weighted by molar-refractivity contribution is 7.99. The van der Waals surface area contributed by atoms with E-state index in [1.54, 1.807) is 17.1 Å². The number of thioether (sulfide) groups is 1. The summed E-state index contributed by atoms with van der Waals surface area (Å²) in [6.45, 7) is 0. The average molecular weight is 385 g/mol. The lowest BCUT2D eigenvalue weighted by atomic mass is 10.2. The quantitative estimate of drug-likeness (QED) is 0.378. The van der Waals surface area contributed by atoms with Crippen molar-refractivity contribution in [2.45, 2.75) is 5.16 Å². The second kappa shape index (κ2) is 8.32. The minimum atomic E-state index is -0.575. The summed E-state index contributed by atoms with van der Waals surface area (Å²) >= 11 is 1.14. The number of nitro benzene ring substituents is 1. The molecule has 27 heavy (non-hydrogen) atoms. The second-order valence-corrected chi connectivity index (χ2v) is 6.23. The monoisotopic (exact) mass is 385 g/mol. The Morgan fingerprint density at radius 3 is 2.78 bits per heavy atom. The molecule has 1 heterocycles. The highest BCUT2D eigenvalue weighted by Gasteiger charge is 2.17. The molecule has 2 aromatic carbocycles. The molecular formula is C17H15N5O4S. The smallest absolute Gasteiger partial charge is 0.296 e. The van der Waals surface area contributed by atoms with Gasteiger partial charge in [-0.05, 0) is 24.3 Å². The van der Waals surface area contributed by atoms with Crippen molar-refractivity contribution >= 4 is 29.0 Å². The Morgan fingerprint density at radius 2 is 2.07 bits per heavy atom. The Morgan fingerprint density at radius 1 is 1.30 bits per heavy atom. The van der Waals surface area contributed by atoms with E-state index in [-0.39, 0.29) is 17.1 Å². The topological polar surface area (TPSA) is 112 Å². The Balaban J connectivity index is 1.62. The zero-order valence-corrected chi connectivity index (χ0v) is 15.0. The maximum Gasteiger partial charge on any atom is 0.296 e. The first-order chi connectivity index (χ1) is 13.1. The van der Waals surface area contributed by atoms with E-state index in [4.69, 9.17) is 4.74 Å². The molecule has 0 fully saturated rings. The third-order valence-corrected chi connectivity index (χ3v) is 4.35. The zero-order valence-electron chi connectivity index (χ0n) is 14.2. The fourth-order valence-electron chi connectivity index (χ4n) is 2.23. The molecule has 3 aromatic rings. The lowest BCUT2D eigenvalue weighted by molar-refractivity contribution is -0.384. The third kappa shape index (κ3) is 4.61. The number of amides is 1. The molecule has 0 atom stereocenters. The number of carbonyl (C=O) groups excluding carboxylic acids is 1. The van der Waals surface area contributed by atoms with Gasteiger partial charge >= 0.3 is 0 Å². The lowest BCUT2D eigenvalue weighted by Gasteiger charge is -2.07. The Bertz CT molecular complexity index is 961. The van der Waals surface area contributed by atoms with Crippen LogP contribution in [0.25, 0.3) is 5.69 Å². The summed E-state index contributed by atoms with van der Waals surface area (Å²) in [6, 6.07) is 13.7. The number of nitro groups is 1. The second-order valence-electron chi connectivity index (χ2n) is 5.28. The number of nitrogens with zero attached hydrogens (tertiary/aromatic N) is 4. The molecule has 10 heteroatoms. The Hall–Kier alpha value is -3.40. The first-order valence-electron chi connectivity index (χ1n) is 7.79. The van der Waals surface area contributed by atoms with Crippen LogP contribution in [-0.2, 0) is 4.79 Å². The van der Waals surface area contributed by atoms with Gasteiger partial charge in [-0.3, -0.25) is 14.9 Å². The van der Waals surface area contributed by atoms with Gasteiger partial charge in [0, 0.05) is 0 Å². The summed E-state index contributed by atoms with van der Waals surface area (Å²) in [5.74, 6) is -0.0452. The van der Waals surface area contributed by atoms with Crippen molar-refractivity contribution in [1.29, 1.82) is 0 Å². The maximum atomic E-state index is 12.1. The summed E-state index contributed by atoms with van der Waals surface area (Å²) in [4.78, 5) is 26.9. The molecule has 0 aliphatic carbocycles. The van der Waals surface area contributed by atoms with E-state index in [1.165, 1.54) is 19.2 Å². The van der Waals surface area contributed by atoms with Crippen LogP contribution in [-0.4, -0.2) is 38.5 Å². The van der Waals surface area contributed by atoms with Crippen LogP contribution in [0.1, 0.15) is 0 Å². The van der Waals surface area contributed by atoms with Gasteiger partial charge in [0.15, 0.2) is 0 Å². The molecule has 0 saturated carbocycles. The van der Waals surface area contributed by atoms with Crippen LogP contribution in [0, 0.1) is 10.1 Å². The number of aromatic nitrogens is 3. The van der Waals surface area contributed by atoms with Crippen molar-refractivity contribution in [1.82, 2.24) is 14.8 Å².